The van der Waals surface area contributed by atoms with Crippen LogP contribution < -0.4 is 5.32 Å². The maximum atomic E-state index is 11.4. The first kappa shape index (κ1) is 14.8. The lowest BCUT2D eigenvalue weighted by Gasteiger charge is -2.28. The summed E-state index contributed by atoms with van der Waals surface area (Å²) in [6, 6.07) is 0.440. The number of aliphatic carboxylic acids is 1. The predicted molar refractivity (Wildman–Crippen MR) is 76.3 cm³/mol. The minimum atomic E-state index is -0.736. The molecule has 2 rings (SSSR count). The molecule has 0 spiro atoms. The van der Waals surface area contributed by atoms with Gasteiger partial charge in [-0.3, -0.25) is 10.1 Å². The van der Waals surface area contributed by atoms with Crippen molar-refractivity contribution in [1.82, 2.24) is 10.2 Å². The molecule has 4 nitrogen and oxygen atoms in total. The van der Waals surface area contributed by atoms with Crippen LogP contribution in [0, 0.1) is 5.92 Å². The van der Waals surface area contributed by atoms with Gasteiger partial charge >= 0.3 is 5.97 Å². The van der Waals surface area contributed by atoms with Gasteiger partial charge in [-0.25, -0.2) is 0 Å². The van der Waals surface area contributed by atoms with E-state index >= 15 is 0 Å². The van der Waals surface area contributed by atoms with E-state index in [4.69, 9.17) is 0 Å². The smallest absolute Gasteiger partial charge is 0.323 e. The second-order valence-corrected chi connectivity index (χ2v) is 6.50. The van der Waals surface area contributed by atoms with Crippen molar-refractivity contribution in [3.8, 4) is 0 Å². The molecule has 1 atom stereocenters. The molecule has 0 amide bonds. The summed E-state index contributed by atoms with van der Waals surface area (Å²) < 4.78 is 0. The third-order valence-electron chi connectivity index (χ3n) is 4.38. The van der Waals surface area contributed by atoms with Crippen molar-refractivity contribution in [2.45, 2.75) is 64.0 Å². The van der Waals surface area contributed by atoms with E-state index in [1.807, 2.05) is 6.92 Å². The number of carboxylic acids is 1. The summed E-state index contributed by atoms with van der Waals surface area (Å²) in [6.07, 6.45) is 6.71. The molecule has 110 valence electrons. The first-order chi connectivity index (χ1) is 9.03. The molecule has 19 heavy (non-hydrogen) atoms. The summed E-state index contributed by atoms with van der Waals surface area (Å²) in [5, 5.41) is 12.7. The summed E-state index contributed by atoms with van der Waals surface area (Å²) in [5.74, 6) is 0.208. The number of rotatable bonds is 10. The first-order valence-corrected chi connectivity index (χ1v) is 7.77. The molecule has 0 aromatic carbocycles. The molecule has 4 heteroatoms. The number of carboxylic acid groups (broad SMARTS) is 1. The van der Waals surface area contributed by atoms with Crippen molar-refractivity contribution >= 4 is 5.97 Å². The zero-order chi connectivity index (χ0) is 13.9. The van der Waals surface area contributed by atoms with Gasteiger partial charge in [-0.1, -0.05) is 6.92 Å². The van der Waals surface area contributed by atoms with E-state index in [-0.39, 0.29) is 0 Å². The van der Waals surface area contributed by atoms with Crippen LogP contribution >= 0.6 is 0 Å². The number of hydrogen-bond acceptors (Lipinski definition) is 3. The molecule has 2 saturated carbocycles. The molecule has 2 aliphatic carbocycles. The van der Waals surface area contributed by atoms with E-state index in [9.17, 15) is 9.90 Å². The fraction of sp³-hybridized carbons (Fsp3) is 0.933. The highest BCUT2D eigenvalue weighted by Gasteiger charge is 2.38. The van der Waals surface area contributed by atoms with Crippen LogP contribution in [0.25, 0.3) is 0 Å². The van der Waals surface area contributed by atoms with Gasteiger partial charge in [0.2, 0.25) is 0 Å². The molecule has 2 aliphatic rings. The lowest BCUT2D eigenvalue weighted by Crippen LogP contribution is -2.50. The van der Waals surface area contributed by atoms with Crippen LogP contribution in [-0.2, 0) is 4.79 Å². The van der Waals surface area contributed by atoms with Crippen molar-refractivity contribution in [2.24, 2.45) is 5.92 Å². The van der Waals surface area contributed by atoms with E-state index in [1.54, 1.807) is 0 Å². The maximum absolute atomic E-state index is 11.4. The van der Waals surface area contributed by atoms with Crippen LogP contribution in [0.15, 0.2) is 0 Å². The number of nitrogens with one attached hydrogen (secondary N) is 1. The molecule has 0 aromatic heterocycles. The Hall–Kier alpha value is -0.610. The Balaban J connectivity index is 1.72. The predicted octanol–water partition coefficient (Wildman–Crippen LogP) is 2.09. The average molecular weight is 268 g/mol. The highest BCUT2D eigenvalue weighted by Crippen LogP contribution is 2.30. The lowest BCUT2D eigenvalue weighted by atomic mass is 9.95. The number of carbonyl (C=O) groups is 1. The Bertz CT molecular complexity index is 313. The third kappa shape index (κ3) is 4.77. The number of nitrogens with zero attached hydrogens (tertiary/aromatic N) is 1. The van der Waals surface area contributed by atoms with Crippen LogP contribution in [0.4, 0.5) is 0 Å². The van der Waals surface area contributed by atoms with E-state index in [0.717, 1.165) is 44.7 Å². The van der Waals surface area contributed by atoms with Gasteiger partial charge in [0.05, 0.1) is 0 Å². The zero-order valence-corrected chi connectivity index (χ0v) is 12.3. The monoisotopic (exact) mass is 268 g/mol. The topological polar surface area (TPSA) is 52.6 Å². The zero-order valence-electron chi connectivity index (χ0n) is 12.3. The van der Waals surface area contributed by atoms with Gasteiger partial charge in [0.15, 0.2) is 0 Å². The van der Waals surface area contributed by atoms with Gasteiger partial charge in [0.25, 0.3) is 0 Å². The summed E-state index contributed by atoms with van der Waals surface area (Å²) in [5.41, 5.74) is -0.736. The van der Waals surface area contributed by atoms with Crippen molar-refractivity contribution in [1.29, 1.82) is 0 Å². The van der Waals surface area contributed by atoms with E-state index in [2.05, 4.69) is 17.1 Å². The fourth-order valence-corrected chi connectivity index (χ4v) is 2.62. The minimum Gasteiger partial charge on any atom is -0.480 e. The van der Waals surface area contributed by atoms with Crippen molar-refractivity contribution in [3.05, 3.63) is 0 Å². The Morgan fingerprint density at radius 1 is 1.37 bits per heavy atom. The average Bonchev–Trinajstić information content (AvgIpc) is 3.23. The molecule has 0 saturated heterocycles. The summed E-state index contributed by atoms with van der Waals surface area (Å²) >= 11 is 0. The highest BCUT2D eigenvalue weighted by molar-refractivity contribution is 5.78. The largest absolute Gasteiger partial charge is 0.480 e. The Morgan fingerprint density at radius 2 is 2.05 bits per heavy atom. The summed E-state index contributed by atoms with van der Waals surface area (Å²) in [6.45, 7) is 7.35. The standard InChI is InChI=1S/C15H28N2O2/c1-3-17(11-12-5-6-12)10-4-9-15(2,14(18)19)16-13-7-8-13/h12-13,16H,3-11H2,1-2H3,(H,18,19). The van der Waals surface area contributed by atoms with Crippen LogP contribution in [0.2, 0.25) is 0 Å². The van der Waals surface area contributed by atoms with E-state index in [1.165, 1.54) is 19.4 Å². The molecule has 2 N–H and O–H groups in total. The summed E-state index contributed by atoms with van der Waals surface area (Å²) in [4.78, 5) is 13.9. The summed E-state index contributed by atoms with van der Waals surface area (Å²) in [7, 11) is 0. The van der Waals surface area contributed by atoms with Gasteiger partial charge < -0.3 is 10.0 Å². The fourth-order valence-electron chi connectivity index (χ4n) is 2.62. The highest BCUT2D eigenvalue weighted by atomic mass is 16.4. The molecule has 0 heterocycles. The van der Waals surface area contributed by atoms with Gasteiger partial charge in [0.1, 0.15) is 5.54 Å². The molecule has 0 aliphatic heterocycles. The first-order valence-electron chi connectivity index (χ1n) is 7.77. The molecular weight excluding hydrogens is 240 g/mol. The van der Waals surface area contributed by atoms with Crippen LogP contribution in [0.1, 0.15) is 52.4 Å². The molecule has 2 fully saturated rings. The van der Waals surface area contributed by atoms with Gasteiger partial charge in [-0.05, 0) is 64.5 Å². The molecule has 0 bridgehead atoms. The van der Waals surface area contributed by atoms with Gasteiger partial charge in [-0.15, -0.1) is 0 Å². The molecular formula is C15H28N2O2. The van der Waals surface area contributed by atoms with Gasteiger partial charge in [-0.2, -0.15) is 0 Å². The second kappa shape index (κ2) is 6.23. The third-order valence-corrected chi connectivity index (χ3v) is 4.38. The van der Waals surface area contributed by atoms with Crippen LogP contribution in [0.5, 0.6) is 0 Å². The second-order valence-electron chi connectivity index (χ2n) is 6.50. The van der Waals surface area contributed by atoms with Crippen molar-refractivity contribution in [3.63, 3.8) is 0 Å². The quantitative estimate of drug-likeness (QED) is 0.637. The van der Waals surface area contributed by atoms with Crippen molar-refractivity contribution < 1.29 is 9.90 Å². The van der Waals surface area contributed by atoms with Crippen LogP contribution in [0.3, 0.4) is 0 Å². The van der Waals surface area contributed by atoms with E-state index < -0.39 is 11.5 Å². The number of hydrogen-bond donors (Lipinski definition) is 2. The SMILES string of the molecule is CCN(CCCC(C)(NC1CC1)C(=O)O)CC1CC1. The van der Waals surface area contributed by atoms with Crippen LogP contribution in [-0.4, -0.2) is 47.2 Å². The Morgan fingerprint density at radius 3 is 2.53 bits per heavy atom. The minimum absolute atomic E-state index is 0.440. The molecule has 0 radical (unpaired) electrons. The molecule has 1 unspecified atom stereocenters. The Kier molecular flexibility index (Phi) is 4.85. The maximum Gasteiger partial charge on any atom is 0.323 e. The van der Waals surface area contributed by atoms with E-state index in [0.29, 0.717) is 6.04 Å². The normalized spacial score (nSPS) is 22.5. The molecule has 0 aromatic rings. The lowest BCUT2D eigenvalue weighted by molar-refractivity contribution is -0.144. The van der Waals surface area contributed by atoms with Crippen molar-refractivity contribution in [2.75, 3.05) is 19.6 Å². The Labute approximate surface area is 116 Å². The van der Waals surface area contributed by atoms with Gasteiger partial charge in [0, 0.05) is 12.6 Å².